The summed E-state index contributed by atoms with van der Waals surface area (Å²) in [7, 11) is -7.25. The predicted octanol–water partition coefficient (Wildman–Crippen LogP) is 3.42. The number of benzene rings is 3. The summed E-state index contributed by atoms with van der Waals surface area (Å²) in [5.74, 6) is -0.464. The van der Waals surface area contributed by atoms with Gasteiger partial charge in [-0.3, -0.25) is 14.2 Å². The SMILES string of the molecule is Cc1ccc(NC(=O)c2ccc(S(=O)(=O)Nc3ccccc3)cc2)cc1NS(C)(=O)=O. The number of carbonyl (C=O) groups excluding carboxylic acids is 1. The number of carbonyl (C=O) groups is 1. The van der Waals surface area contributed by atoms with Crippen molar-refractivity contribution in [3.8, 4) is 0 Å². The van der Waals surface area contributed by atoms with E-state index in [4.69, 9.17) is 0 Å². The van der Waals surface area contributed by atoms with Crippen LogP contribution in [0.5, 0.6) is 0 Å². The molecule has 0 aliphatic carbocycles. The first-order valence-corrected chi connectivity index (χ1v) is 12.5. The summed E-state index contributed by atoms with van der Waals surface area (Å²) in [5.41, 5.74) is 2.13. The van der Waals surface area contributed by atoms with Gasteiger partial charge in [-0.1, -0.05) is 24.3 Å². The third-order valence-electron chi connectivity index (χ3n) is 4.24. The summed E-state index contributed by atoms with van der Waals surface area (Å²) >= 11 is 0. The molecular weight excluding hydrogens is 438 g/mol. The molecule has 3 N–H and O–H groups in total. The van der Waals surface area contributed by atoms with Crippen LogP contribution in [0.2, 0.25) is 0 Å². The van der Waals surface area contributed by atoms with Crippen LogP contribution in [0.3, 0.4) is 0 Å². The molecule has 162 valence electrons. The maximum atomic E-state index is 12.5. The lowest BCUT2D eigenvalue weighted by Gasteiger charge is -2.12. The van der Waals surface area contributed by atoms with E-state index in [9.17, 15) is 21.6 Å². The standard InChI is InChI=1S/C21H21N3O5S2/c1-15-8-11-18(14-20(15)24-30(2,26)27)22-21(25)16-9-12-19(13-10-16)31(28,29)23-17-6-4-3-5-7-17/h3-14,23-24H,1-2H3,(H,22,25). The van der Waals surface area contributed by atoms with Gasteiger partial charge in [-0.25, -0.2) is 16.8 Å². The van der Waals surface area contributed by atoms with Gasteiger partial charge in [-0.2, -0.15) is 0 Å². The summed E-state index contributed by atoms with van der Waals surface area (Å²) in [6, 6.07) is 18.8. The highest BCUT2D eigenvalue weighted by molar-refractivity contribution is 7.92. The topological polar surface area (TPSA) is 121 Å². The zero-order valence-electron chi connectivity index (χ0n) is 16.8. The molecule has 0 fully saturated rings. The first kappa shape index (κ1) is 22.3. The fraction of sp³-hybridized carbons (Fsp3) is 0.0952. The fourth-order valence-corrected chi connectivity index (χ4v) is 4.40. The molecule has 3 aromatic rings. The number of anilines is 3. The Morgan fingerprint density at radius 2 is 1.42 bits per heavy atom. The van der Waals surface area contributed by atoms with Gasteiger partial charge in [-0.15, -0.1) is 0 Å². The average Bonchev–Trinajstić information content (AvgIpc) is 2.70. The van der Waals surface area contributed by atoms with Gasteiger partial charge in [0, 0.05) is 16.9 Å². The van der Waals surface area contributed by atoms with Crippen molar-refractivity contribution in [2.24, 2.45) is 0 Å². The van der Waals surface area contributed by atoms with Crippen molar-refractivity contribution >= 4 is 43.0 Å². The molecule has 0 saturated heterocycles. The monoisotopic (exact) mass is 459 g/mol. The summed E-state index contributed by atoms with van der Waals surface area (Å²) in [4.78, 5) is 12.5. The van der Waals surface area contributed by atoms with Crippen molar-refractivity contribution in [1.29, 1.82) is 0 Å². The minimum Gasteiger partial charge on any atom is -0.322 e. The van der Waals surface area contributed by atoms with E-state index in [0.29, 0.717) is 22.6 Å². The number of nitrogens with one attached hydrogen (secondary N) is 3. The molecule has 0 saturated carbocycles. The van der Waals surface area contributed by atoms with Crippen LogP contribution in [0.15, 0.2) is 77.7 Å². The number of para-hydroxylation sites is 1. The zero-order valence-corrected chi connectivity index (χ0v) is 18.4. The first-order valence-electron chi connectivity index (χ1n) is 9.11. The van der Waals surface area contributed by atoms with Crippen molar-refractivity contribution in [3.05, 3.63) is 83.9 Å². The average molecular weight is 460 g/mol. The van der Waals surface area contributed by atoms with Crippen LogP contribution in [0, 0.1) is 6.92 Å². The number of sulfonamides is 2. The lowest BCUT2D eigenvalue weighted by atomic mass is 10.1. The van der Waals surface area contributed by atoms with E-state index in [1.807, 2.05) is 0 Å². The summed E-state index contributed by atoms with van der Waals surface area (Å²) in [5, 5.41) is 2.67. The Labute approximate surface area is 181 Å². The van der Waals surface area contributed by atoms with Gasteiger partial charge in [0.15, 0.2) is 0 Å². The van der Waals surface area contributed by atoms with Crippen LogP contribution in [0.1, 0.15) is 15.9 Å². The molecule has 0 unspecified atom stereocenters. The van der Waals surface area contributed by atoms with Crippen LogP contribution in [0.4, 0.5) is 17.1 Å². The van der Waals surface area contributed by atoms with E-state index in [1.54, 1.807) is 49.4 Å². The van der Waals surface area contributed by atoms with E-state index in [2.05, 4.69) is 14.8 Å². The largest absolute Gasteiger partial charge is 0.322 e. The molecule has 0 spiro atoms. The third-order valence-corrected chi connectivity index (χ3v) is 6.23. The predicted molar refractivity (Wildman–Crippen MR) is 121 cm³/mol. The van der Waals surface area contributed by atoms with Crippen molar-refractivity contribution in [1.82, 2.24) is 0 Å². The lowest BCUT2D eigenvalue weighted by molar-refractivity contribution is 0.102. The van der Waals surface area contributed by atoms with Crippen molar-refractivity contribution in [2.45, 2.75) is 11.8 Å². The molecule has 10 heteroatoms. The maximum Gasteiger partial charge on any atom is 0.261 e. The van der Waals surface area contributed by atoms with Crippen molar-refractivity contribution in [2.75, 3.05) is 21.0 Å². The lowest BCUT2D eigenvalue weighted by Crippen LogP contribution is -2.15. The van der Waals surface area contributed by atoms with Crippen LogP contribution in [-0.2, 0) is 20.0 Å². The molecule has 0 heterocycles. The van der Waals surface area contributed by atoms with E-state index in [1.165, 1.54) is 30.3 Å². The summed E-state index contributed by atoms with van der Waals surface area (Å²) < 4.78 is 52.8. The Hall–Kier alpha value is -3.37. The second kappa shape index (κ2) is 8.78. The summed E-state index contributed by atoms with van der Waals surface area (Å²) in [6.45, 7) is 1.74. The zero-order chi connectivity index (χ0) is 22.6. The molecule has 3 rings (SSSR count). The van der Waals surface area contributed by atoms with Crippen LogP contribution in [0.25, 0.3) is 0 Å². The van der Waals surface area contributed by atoms with E-state index < -0.39 is 26.0 Å². The van der Waals surface area contributed by atoms with E-state index >= 15 is 0 Å². The van der Waals surface area contributed by atoms with Crippen molar-refractivity contribution in [3.63, 3.8) is 0 Å². The van der Waals surface area contributed by atoms with Gasteiger partial charge in [-0.05, 0) is 61.0 Å². The number of hydrogen-bond acceptors (Lipinski definition) is 5. The smallest absolute Gasteiger partial charge is 0.261 e. The van der Waals surface area contributed by atoms with E-state index in [0.717, 1.165) is 6.26 Å². The molecule has 0 atom stereocenters. The molecule has 31 heavy (non-hydrogen) atoms. The number of amides is 1. The number of rotatable bonds is 7. The molecule has 3 aromatic carbocycles. The summed E-state index contributed by atoms with van der Waals surface area (Å²) in [6.07, 6.45) is 1.04. The second-order valence-electron chi connectivity index (χ2n) is 6.85. The van der Waals surface area contributed by atoms with Crippen LogP contribution < -0.4 is 14.8 Å². The van der Waals surface area contributed by atoms with Gasteiger partial charge in [0.2, 0.25) is 10.0 Å². The quantitative estimate of drug-likeness (QED) is 0.500. The molecule has 0 aliphatic heterocycles. The van der Waals surface area contributed by atoms with Gasteiger partial charge in [0.05, 0.1) is 16.8 Å². The molecule has 8 nitrogen and oxygen atoms in total. The molecule has 0 radical (unpaired) electrons. The van der Waals surface area contributed by atoms with Crippen molar-refractivity contribution < 1.29 is 21.6 Å². The Morgan fingerprint density at radius 1 is 0.774 bits per heavy atom. The Bertz CT molecular complexity index is 1300. The number of hydrogen-bond donors (Lipinski definition) is 3. The molecule has 0 bridgehead atoms. The third kappa shape index (κ3) is 6.06. The molecule has 1 amide bonds. The van der Waals surface area contributed by atoms with Crippen LogP contribution in [-0.4, -0.2) is 29.0 Å². The maximum absolute atomic E-state index is 12.5. The molecular formula is C21H21N3O5S2. The Kier molecular flexibility index (Phi) is 6.32. The highest BCUT2D eigenvalue weighted by Gasteiger charge is 2.15. The first-order chi connectivity index (χ1) is 14.5. The highest BCUT2D eigenvalue weighted by Crippen LogP contribution is 2.22. The molecule has 0 aromatic heterocycles. The fourth-order valence-electron chi connectivity index (χ4n) is 2.72. The highest BCUT2D eigenvalue weighted by atomic mass is 32.2. The Morgan fingerprint density at radius 3 is 2.03 bits per heavy atom. The van der Waals surface area contributed by atoms with E-state index in [-0.39, 0.29) is 10.5 Å². The minimum atomic E-state index is -3.79. The van der Waals surface area contributed by atoms with Gasteiger partial charge in [0.1, 0.15) is 0 Å². The number of aryl methyl sites for hydroxylation is 1. The second-order valence-corrected chi connectivity index (χ2v) is 10.3. The normalized spacial score (nSPS) is 11.5. The van der Waals surface area contributed by atoms with Crippen LogP contribution >= 0.6 is 0 Å². The van der Waals surface area contributed by atoms with Gasteiger partial charge < -0.3 is 5.32 Å². The molecule has 0 aliphatic rings. The minimum absolute atomic E-state index is 0.0166. The Balaban J connectivity index is 1.74. The van der Waals surface area contributed by atoms with Gasteiger partial charge >= 0.3 is 0 Å². The van der Waals surface area contributed by atoms with Gasteiger partial charge in [0.25, 0.3) is 15.9 Å².